The molecule has 0 spiro atoms. The summed E-state index contributed by atoms with van der Waals surface area (Å²) in [7, 11) is 0. The first kappa shape index (κ1) is 22.6. The van der Waals surface area contributed by atoms with Crippen molar-refractivity contribution in [2.75, 3.05) is 18.4 Å². The number of rotatable bonds is 6. The first-order valence-electron chi connectivity index (χ1n) is 11.7. The average Bonchev–Trinajstić information content (AvgIpc) is 3.36. The molecule has 5 rings (SSSR count). The van der Waals surface area contributed by atoms with Gasteiger partial charge in [-0.2, -0.15) is 0 Å². The summed E-state index contributed by atoms with van der Waals surface area (Å²) in [5.41, 5.74) is 3.73. The van der Waals surface area contributed by atoms with Crippen molar-refractivity contribution < 1.29 is 9.18 Å². The van der Waals surface area contributed by atoms with Crippen molar-refractivity contribution in [2.45, 2.75) is 33.4 Å². The highest BCUT2D eigenvalue weighted by Crippen LogP contribution is 2.33. The lowest BCUT2D eigenvalue weighted by Gasteiger charge is -2.28. The van der Waals surface area contributed by atoms with Gasteiger partial charge in [-0.25, -0.2) is 24.3 Å². The van der Waals surface area contributed by atoms with E-state index in [9.17, 15) is 4.79 Å². The van der Waals surface area contributed by atoms with Crippen molar-refractivity contribution in [3.8, 4) is 22.4 Å². The van der Waals surface area contributed by atoms with Crippen LogP contribution in [0.25, 0.3) is 22.4 Å². The van der Waals surface area contributed by atoms with Gasteiger partial charge in [0.25, 0.3) is 5.91 Å². The number of carbonyl (C=O) groups excluding carboxylic acids is 1. The minimum atomic E-state index is -0.579. The Labute approximate surface area is 202 Å². The third-order valence-corrected chi connectivity index (χ3v) is 6.18. The highest BCUT2D eigenvalue weighted by molar-refractivity contribution is 5.95. The molecule has 178 valence electrons. The molecule has 0 fully saturated rings. The van der Waals surface area contributed by atoms with Crippen LogP contribution in [0.5, 0.6) is 0 Å². The standard InChI is InChI=1S/C26H26FN7O/c1-3-21-24(18-6-8-22(28-4-2)30-14-18)25(32-16-31-21)17-5-7-19(20(27)13-17)26(35)34-12-11-33-10-9-29-23(33)15-34/h5-10,13-14,16H,3-4,11-12,15H2,1-2H3,(H,28,30). The number of carbonyl (C=O) groups is 1. The van der Waals surface area contributed by atoms with Crippen LogP contribution in [0, 0.1) is 5.82 Å². The molecule has 0 radical (unpaired) electrons. The number of halogens is 1. The predicted molar refractivity (Wildman–Crippen MR) is 131 cm³/mol. The maximum atomic E-state index is 15.3. The van der Waals surface area contributed by atoms with Crippen LogP contribution < -0.4 is 5.32 Å². The van der Waals surface area contributed by atoms with Crippen LogP contribution in [0.3, 0.4) is 0 Å². The van der Waals surface area contributed by atoms with E-state index in [0.717, 1.165) is 35.0 Å². The summed E-state index contributed by atoms with van der Waals surface area (Å²) in [4.78, 5) is 32.4. The van der Waals surface area contributed by atoms with E-state index in [-0.39, 0.29) is 11.5 Å². The van der Waals surface area contributed by atoms with Gasteiger partial charge < -0.3 is 14.8 Å². The second-order valence-corrected chi connectivity index (χ2v) is 8.32. The first-order valence-corrected chi connectivity index (χ1v) is 11.7. The lowest BCUT2D eigenvalue weighted by Crippen LogP contribution is -2.38. The lowest BCUT2D eigenvalue weighted by atomic mass is 9.96. The number of benzene rings is 1. The van der Waals surface area contributed by atoms with Gasteiger partial charge in [-0.3, -0.25) is 4.79 Å². The maximum Gasteiger partial charge on any atom is 0.257 e. The molecule has 0 saturated carbocycles. The lowest BCUT2D eigenvalue weighted by molar-refractivity contribution is 0.0703. The molecule has 4 heterocycles. The molecule has 0 aliphatic carbocycles. The number of anilines is 1. The number of aryl methyl sites for hydroxylation is 1. The molecule has 1 N–H and O–H groups in total. The van der Waals surface area contributed by atoms with Crippen molar-refractivity contribution in [3.63, 3.8) is 0 Å². The summed E-state index contributed by atoms with van der Waals surface area (Å²) in [5.74, 6) is 0.656. The molecule has 4 aromatic rings. The van der Waals surface area contributed by atoms with Crippen LogP contribution in [0.4, 0.5) is 10.2 Å². The van der Waals surface area contributed by atoms with E-state index >= 15 is 4.39 Å². The van der Waals surface area contributed by atoms with Gasteiger partial charge in [-0.1, -0.05) is 13.0 Å². The van der Waals surface area contributed by atoms with E-state index in [0.29, 0.717) is 37.3 Å². The van der Waals surface area contributed by atoms with E-state index in [1.807, 2.05) is 36.7 Å². The number of pyridine rings is 1. The topological polar surface area (TPSA) is 88.8 Å². The average molecular weight is 472 g/mol. The van der Waals surface area contributed by atoms with Crippen molar-refractivity contribution >= 4 is 11.7 Å². The van der Waals surface area contributed by atoms with Gasteiger partial charge >= 0.3 is 0 Å². The largest absolute Gasteiger partial charge is 0.370 e. The van der Waals surface area contributed by atoms with Gasteiger partial charge in [0.05, 0.1) is 23.5 Å². The van der Waals surface area contributed by atoms with E-state index in [2.05, 4.69) is 25.3 Å². The molecule has 35 heavy (non-hydrogen) atoms. The fraction of sp³-hybridized carbons (Fsp3) is 0.269. The number of amides is 1. The maximum absolute atomic E-state index is 15.3. The third kappa shape index (κ3) is 4.37. The molecular formula is C26H26FN7O. The number of fused-ring (bicyclic) bond motifs is 1. The van der Waals surface area contributed by atoms with Crippen molar-refractivity contribution in [1.29, 1.82) is 0 Å². The second-order valence-electron chi connectivity index (χ2n) is 8.32. The van der Waals surface area contributed by atoms with Crippen LogP contribution in [0.1, 0.15) is 35.7 Å². The van der Waals surface area contributed by atoms with E-state index < -0.39 is 5.82 Å². The SMILES string of the molecule is CCNc1ccc(-c2c(CC)ncnc2-c2ccc(C(=O)N3CCn4ccnc4C3)c(F)c2)cn1. The molecule has 0 saturated heterocycles. The molecule has 3 aromatic heterocycles. The van der Waals surface area contributed by atoms with Crippen molar-refractivity contribution in [3.05, 3.63) is 78.1 Å². The first-order chi connectivity index (χ1) is 17.1. The molecule has 8 nitrogen and oxygen atoms in total. The summed E-state index contributed by atoms with van der Waals surface area (Å²) < 4.78 is 17.3. The molecule has 0 unspecified atom stereocenters. The second kappa shape index (κ2) is 9.61. The number of hydrogen-bond donors (Lipinski definition) is 1. The fourth-order valence-electron chi connectivity index (χ4n) is 4.39. The highest BCUT2D eigenvalue weighted by Gasteiger charge is 2.25. The molecular weight excluding hydrogens is 445 g/mol. The van der Waals surface area contributed by atoms with Crippen molar-refractivity contribution in [1.82, 2.24) is 29.4 Å². The van der Waals surface area contributed by atoms with Gasteiger partial charge in [-0.05, 0) is 37.6 Å². The smallest absolute Gasteiger partial charge is 0.257 e. The van der Waals surface area contributed by atoms with Crippen LogP contribution in [-0.4, -0.2) is 48.4 Å². The summed E-state index contributed by atoms with van der Waals surface area (Å²) in [5, 5.41) is 3.18. The van der Waals surface area contributed by atoms with Gasteiger partial charge in [0.1, 0.15) is 23.8 Å². The number of imidazole rings is 1. The quantitative estimate of drug-likeness (QED) is 0.454. The van der Waals surface area contributed by atoms with E-state index in [1.165, 1.54) is 18.5 Å². The Balaban J connectivity index is 1.48. The predicted octanol–water partition coefficient (Wildman–Crippen LogP) is 4.19. The molecule has 0 atom stereocenters. The Bertz CT molecular complexity index is 1370. The molecule has 1 amide bonds. The van der Waals surface area contributed by atoms with Crippen LogP contribution >= 0.6 is 0 Å². The van der Waals surface area contributed by atoms with Gasteiger partial charge in [-0.15, -0.1) is 0 Å². The van der Waals surface area contributed by atoms with Crippen LogP contribution in [0.15, 0.2) is 55.2 Å². The minimum Gasteiger partial charge on any atom is -0.370 e. The molecule has 1 aliphatic rings. The summed E-state index contributed by atoms with van der Waals surface area (Å²) >= 11 is 0. The number of aromatic nitrogens is 5. The van der Waals surface area contributed by atoms with E-state index in [4.69, 9.17) is 0 Å². The monoisotopic (exact) mass is 471 g/mol. The normalized spacial score (nSPS) is 12.9. The molecule has 9 heteroatoms. The van der Waals surface area contributed by atoms with Crippen LogP contribution in [0.2, 0.25) is 0 Å². The Kier molecular flexibility index (Phi) is 6.22. The van der Waals surface area contributed by atoms with Gasteiger partial charge in [0, 0.05) is 54.9 Å². The summed E-state index contributed by atoms with van der Waals surface area (Å²) in [6, 6.07) is 8.52. The molecule has 1 aliphatic heterocycles. The Morgan fingerprint density at radius 2 is 1.91 bits per heavy atom. The Hall–Kier alpha value is -4.14. The number of nitrogens with one attached hydrogen (secondary N) is 1. The van der Waals surface area contributed by atoms with Crippen LogP contribution in [-0.2, 0) is 19.5 Å². The summed E-state index contributed by atoms with van der Waals surface area (Å²) in [6.45, 7) is 6.32. The highest BCUT2D eigenvalue weighted by atomic mass is 19.1. The Morgan fingerprint density at radius 1 is 1.06 bits per heavy atom. The Morgan fingerprint density at radius 3 is 2.66 bits per heavy atom. The van der Waals surface area contributed by atoms with Gasteiger partial charge in [0.15, 0.2) is 0 Å². The number of hydrogen-bond acceptors (Lipinski definition) is 6. The number of nitrogens with zero attached hydrogens (tertiary/aromatic N) is 6. The fourth-order valence-corrected chi connectivity index (χ4v) is 4.39. The van der Waals surface area contributed by atoms with Crippen molar-refractivity contribution in [2.24, 2.45) is 0 Å². The summed E-state index contributed by atoms with van der Waals surface area (Å²) in [6.07, 6.45) is 7.55. The van der Waals surface area contributed by atoms with Gasteiger partial charge in [0.2, 0.25) is 0 Å². The zero-order chi connectivity index (χ0) is 24.4. The minimum absolute atomic E-state index is 0.0386. The molecule has 1 aromatic carbocycles. The zero-order valence-corrected chi connectivity index (χ0v) is 19.7. The third-order valence-electron chi connectivity index (χ3n) is 6.18. The zero-order valence-electron chi connectivity index (χ0n) is 19.7. The van der Waals surface area contributed by atoms with E-state index in [1.54, 1.807) is 23.4 Å². The molecule has 0 bridgehead atoms.